The first kappa shape index (κ1) is 22.4. The Hall–Kier alpha value is -2.24. The van der Waals surface area contributed by atoms with Gasteiger partial charge in [0.1, 0.15) is 17.3 Å². The Morgan fingerprint density at radius 1 is 1.40 bits per heavy atom. The number of aromatic nitrogens is 2. The largest absolute Gasteiger partial charge is 0.495 e. The lowest BCUT2D eigenvalue weighted by atomic mass is 9.96. The van der Waals surface area contributed by atoms with Gasteiger partial charge in [0.05, 0.1) is 30.6 Å². The summed E-state index contributed by atoms with van der Waals surface area (Å²) in [7, 11) is 1.57. The second kappa shape index (κ2) is 8.86. The number of nitrogens with one attached hydrogen (secondary N) is 2. The van der Waals surface area contributed by atoms with Gasteiger partial charge in [0.15, 0.2) is 0 Å². The molecule has 1 saturated heterocycles. The van der Waals surface area contributed by atoms with E-state index in [0.29, 0.717) is 18.8 Å². The zero-order chi connectivity index (χ0) is 21.9. The molecule has 0 bridgehead atoms. The van der Waals surface area contributed by atoms with Crippen molar-refractivity contribution in [2.45, 2.75) is 31.6 Å². The Kier molecular flexibility index (Phi) is 6.63. The number of ether oxygens (including phenoxy) is 1. The molecule has 0 unspecified atom stereocenters. The number of nitrogens with zero attached hydrogens (tertiary/aromatic N) is 3. The lowest BCUT2D eigenvalue weighted by molar-refractivity contribution is -0.140. The van der Waals surface area contributed by atoms with Gasteiger partial charge in [-0.1, -0.05) is 0 Å². The van der Waals surface area contributed by atoms with Crippen LogP contribution in [0.5, 0.6) is 5.75 Å². The third-order valence-corrected chi connectivity index (χ3v) is 5.96. The third kappa shape index (κ3) is 5.27. The topological polar surface area (TPSA) is 79.4 Å². The lowest BCUT2D eigenvalue weighted by Gasteiger charge is -2.42. The Bertz CT molecular complexity index is 887. The van der Waals surface area contributed by atoms with Crippen molar-refractivity contribution < 1.29 is 22.7 Å². The molecule has 2 aromatic rings. The normalized spacial score (nSPS) is 18.3. The van der Waals surface area contributed by atoms with Crippen molar-refractivity contribution in [2.75, 3.05) is 33.3 Å². The summed E-state index contributed by atoms with van der Waals surface area (Å²) in [6.45, 7) is 4.06. The number of rotatable bonds is 6. The van der Waals surface area contributed by atoms with Gasteiger partial charge in [-0.15, -0.1) is 11.3 Å². The molecule has 0 spiro atoms. The average Bonchev–Trinajstić information content (AvgIpc) is 3.23. The molecule has 2 N–H and O–H groups in total. The SMILES string of the molecule is COc1cncc(-c2nc(C(C)(C)N3CCN[C@H](C(=O)NCC(F)(F)F)C3)cs2)c1. The highest BCUT2D eigenvalue weighted by molar-refractivity contribution is 7.13. The molecule has 1 amide bonds. The minimum Gasteiger partial charge on any atom is -0.495 e. The zero-order valence-electron chi connectivity index (χ0n) is 16.9. The second-order valence-corrected chi connectivity index (χ2v) is 8.35. The molecule has 0 radical (unpaired) electrons. The predicted octanol–water partition coefficient (Wildman–Crippen LogP) is 2.40. The summed E-state index contributed by atoms with van der Waals surface area (Å²) in [5.74, 6) is -0.0208. The molecule has 30 heavy (non-hydrogen) atoms. The van der Waals surface area contributed by atoms with Crippen LogP contribution in [-0.4, -0.2) is 66.3 Å². The average molecular weight is 443 g/mol. The standard InChI is InChI=1S/C19H24F3N5O2S/c1-18(2,15-10-30-17(26-15)12-6-13(29-3)8-23-7-12)27-5-4-24-14(9-27)16(28)25-11-19(20,21)22/h6-8,10,14,24H,4-5,9,11H2,1-3H3,(H,25,28)/t14-/m0/s1. The van der Waals surface area contributed by atoms with Gasteiger partial charge >= 0.3 is 6.18 Å². The van der Waals surface area contributed by atoms with Crippen LogP contribution in [0.3, 0.4) is 0 Å². The molecule has 1 aliphatic rings. The van der Waals surface area contributed by atoms with E-state index in [-0.39, 0.29) is 6.54 Å². The number of hydrogen-bond donors (Lipinski definition) is 2. The number of halogens is 3. The van der Waals surface area contributed by atoms with E-state index >= 15 is 0 Å². The molecule has 7 nitrogen and oxygen atoms in total. The van der Waals surface area contributed by atoms with Crippen molar-refractivity contribution in [3.05, 3.63) is 29.5 Å². The van der Waals surface area contributed by atoms with Gasteiger partial charge in [0, 0.05) is 36.8 Å². The number of hydrogen-bond acceptors (Lipinski definition) is 7. The van der Waals surface area contributed by atoms with Crippen molar-refractivity contribution in [2.24, 2.45) is 0 Å². The molecule has 0 aliphatic carbocycles. The quantitative estimate of drug-likeness (QED) is 0.714. The first-order valence-electron chi connectivity index (χ1n) is 9.38. The number of pyridine rings is 1. The molecular weight excluding hydrogens is 419 g/mol. The van der Waals surface area contributed by atoms with Gasteiger partial charge in [-0.2, -0.15) is 13.2 Å². The fourth-order valence-corrected chi connectivity index (χ4v) is 4.20. The maximum Gasteiger partial charge on any atom is 0.405 e. The number of methoxy groups -OCH3 is 1. The summed E-state index contributed by atoms with van der Waals surface area (Å²) in [5, 5.41) is 7.69. The number of amides is 1. The highest BCUT2D eigenvalue weighted by Gasteiger charge is 2.37. The lowest BCUT2D eigenvalue weighted by Crippen LogP contribution is -2.61. The molecule has 3 rings (SSSR count). The van der Waals surface area contributed by atoms with Crippen molar-refractivity contribution in [3.63, 3.8) is 0 Å². The highest BCUT2D eigenvalue weighted by Crippen LogP contribution is 2.33. The predicted molar refractivity (Wildman–Crippen MR) is 107 cm³/mol. The molecule has 164 valence electrons. The van der Waals surface area contributed by atoms with E-state index < -0.39 is 30.2 Å². The van der Waals surface area contributed by atoms with Crippen LogP contribution in [0.1, 0.15) is 19.5 Å². The van der Waals surface area contributed by atoms with Crippen molar-refractivity contribution in [3.8, 4) is 16.3 Å². The van der Waals surface area contributed by atoms with E-state index in [1.165, 1.54) is 11.3 Å². The van der Waals surface area contributed by atoms with E-state index in [1.807, 2.05) is 30.6 Å². The van der Waals surface area contributed by atoms with Crippen LogP contribution in [0.25, 0.3) is 10.6 Å². The van der Waals surface area contributed by atoms with Crippen LogP contribution in [-0.2, 0) is 10.3 Å². The first-order valence-corrected chi connectivity index (χ1v) is 10.3. The van der Waals surface area contributed by atoms with Crippen LogP contribution in [0.2, 0.25) is 0 Å². The number of alkyl halides is 3. The number of piperazine rings is 1. The monoisotopic (exact) mass is 443 g/mol. The molecule has 1 aliphatic heterocycles. The fraction of sp³-hybridized carbons (Fsp3) is 0.526. The summed E-state index contributed by atoms with van der Waals surface area (Å²) in [6, 6.07) is 1.13. The van der Waals surface area contributed by atoms with Gasteiger partial charge < -0.3 is 15.4 Å². The molecule has 11 heteroatoms. The fourth-order valence-electron chi connectivity index (χ4n) is 3.24. The van der Waals surface area contributed by atoms with E-state index in [0.717, 1.165) is 16.3 Å². The maximum atomic E-state index is 12.4. The Labute approximate surface area is 176 Å². The van der Waals surface area contributed by atoms with E-state index in [4.69, 9.17) is 9.72 Å². The first-order chi connectivity index (χ1) is 14.1. The molecule has 0 saturated carbocycles. The highest BCUT2D eigenvalue weighted by atomic mass is 32.1. The molecular formula is C19H24F3N5O2S. The summed E-state index contributed by atoms with van der Waals surface area (Å²) in [4.78, 5) is 23.1. The van der Waals surface area contributed by atoms with Crippen LogP contribution >= 0.6 is 11.3 Å². The third-order valence-electron chi connectivity index (χ3n) is 5.07. The van der Waals surface area contributed by atoms with Crippen molar-refractivity contribution in [1.82, 2.24) is 25.5 Å². The maximum absolute atomic E-state index is 12.4. The van der Waals surface area contributed by atoms with Crippen molar-refractivity contribution in [1.29, 1.82) is 0 Å². The van der Waals surface area contributed by atoms with Gasteiger partial charge in [-0.05, 0) is 19.9 Å². The van der Waals surface area contributed by atoms with Gasteiger partial charge in [-0.25, -0.2) is 4.98 Å². The molecule has 1 fully saturated rings. The molecule has 2 aromatic heterocycles. The van der Waals surface area contributed by atoms with Crippen LogP contribution in [0, 0.1) is 0 Å². The van der Waals surface area contributed by atoms with E-state index in [1.54, 1.807) is 19.5 Å². The summed E-state index contributed by atoms with van der Waals surface area (Å²) in [5.41, 5.74) is 1.15. The number of carbonyl (C=O) groups excluding carboxylic acids is 1. The Morgan fingerprint density at radius 2 is 2.17 bits per heavy atom. The van der Waals surface area contributed by atoms with Gasteiger partial charge in [-0.3, -0.25) is 14.7 Å². The smallest absolute Gasteiger partial charge is 0.405 e. The van der Waals surface area contributed by atoms with E-state index in [9.17, 15) is 18.0 Å². The minimum absolute atomic E-state index is 0.282. The molecule has 1 atom stereocenters. The molecule has 3 heterocycles. The molecule has 0 aromatic carbocycles. The summed E-state index contributed by atoms with van der Waals surface area (Å²) < 4.78 is 42.4. The Morgan fingerprint density at radius 3 is 2.87 bits per heavy atom. The van der Waals surface area contributed by atoms with Crippen LogP contribution < -0.4 is 15.4 Å². The number of thiazole rings is 1. The number of carbonyl (C=O) groups is 1. The van der Waals surface area contributed by atoms with Crippen molar-refractivity contribution >= 4 is 17.2 Å². The van der Waals surface area contributed by atoms with Crippen LogP contribution in [0.4, 0.5) is 13.2 Å². The Balaban J connectivity index is 1.72. The second-order valence-electron chi connectivity index (χ2n) is 7.50. The minimum atomic E-state index is -4.44. The van der Waals surface area contributed by atoms with E-state index in [2.05, 4.69) is 15.2 Å². The summed E-state index contributed by atoms with van der Waals surface area (Å²) >= 11 is 1.48. The van der Waals surface area contributed by atoms with Gasteiger partial charge in [0.25, 0.3) is 0 Å². The van der Waals surface area contributed by atoms with Gasteiger partial charge in [0.2, 0.25) is 5.91 Å². The van der Waals surface area contributed by atoms with Crippen LogP contribution in [0.15, 0.2) is 23.8 Å². The summed E-state index contributed by atoms with van der Waals surface area (Å²) in [6.07, 6.45) is -1.11. The zero-order valence-corrected chi connectivity index (χ0v) is 17.7.